The average Bonchev–Trinajstić information content (AvgIpc) is 3.30. The Morgan fingerprint density at radius 1 is 1.31 bits per heavy atom. The number of aryl methyl sites for hydroxylation is 1. The highest BCUT2D eigenvalue weighted by Crippen LogP contribution is 2.29. The van der Waals surface area contributed by atoms with Gasteiger partial charge in [-0.1, -0.05) is 36.0 Å². The van der Waals surface area contributed by atoms with Crippen molar-refractivity contribution >= 4 is 17.7 Å². The Labute approximate surface area is 156 Å². The summed E-state index contributed by atoms with van der Waals surface area (Å²) in [7, 11) is 1.87. The van der Waals surface area contributed by atoms with Crippen LogP contribution in [0.4, 0.5) is 0 Å². The molecule has 6 nitrogen and oxygen atoms in total. The number of carbonyl (C=O) groups is 1. The minimum atomic E-state index is 0.0132. The molecule has 2 aromatic heterocycles. The molecule has 0 saturated carbocycles. The van der Waals surface area contributed by atoms with Gasteiger partial charge in [0.15, 0.2) is 16.7 Å². The molecule has 0 fully saturated rings. The molecule has 0 saturated heterocycles. The van der Waals surface area contributed by atoms with Crippen LogP contribution in [0.15, 0.2) is 52.2 Å². The number of aromatic nitrogens is 3. The molecule has 4 rings (SSSR count). The van der Waals surface area contributed by atoms with Gasteiger partial charge in [-0.2, -0.15) is 0 Å². The van der Waals surface area contributed by atoms with E-state index in [1.54, 1.807) is 6.26 Å². The molecule has 1 aliphatic rings. The van der Waals surface area contributed by atoms with E-state index < -0.39 is 0 Å². The predicted octanol–water partition coefficient (Wildman–Crippen LogP) is 3.36. The Kier molecular flexibility index (Phi) is 4.79. The van der Waals surface area contributed by atoms with Crippen LogP contribution < -0.4 is 5.32 Å². The predicted molar refractivity (Wildman–Crippen MR) is 99.7 cm³/mol. The summed E-state index contributed by atoms with van der Waals surface area (Å²) in [5.41, 5.74) is 2.59. The van der Waals surface area contributed by atoms with Crippen molar-refractivity contribution in [2.24, 2.45) is 7.05 Å². The molecule has 3 aromatic rings. The van der Waals surface area contributed by atoms with Gasteiger partial charge in [0.05, 0.1) is 18.1 Å². The second-order valence-electron chi connectivity index (χ2n) is 6.34. The summed E-state index contributed by atoms with van der Waals surface area (Å²) in [6.07, 6.45) is 4.78. The molecule has 7 heteroatoms. The van der Waals surface area contributed by atoms with Crippen LogP contribution in [0.3, 0.4) is 0 Å². The van der Waals surface area contributed by atoms with Gasteiger partial charge >= 0.3 is 0 Å². The zero-order valence-corrected chi connectivity index (χ0v) is 15.3. The smallest absolute Gasteiger partial charge is 0.230 e. The number of hydrogen-bond acceptors (Lipinski definition) is 5. The summed E-state index contributed by atoms with van der Waals surface area (Å²) < 4.78 is 7.20. The fraction of sp³-hybridized carbons (Fsp3) is 0.316. The average molecular weight is 368 g/mol. The van der Waals surface area contributed by atoms with Crippen LogP contribution in [0.5, 0.6) is 0 Å². The van der Waals surface area contributed by atoms with Gasteiger partial charge in [0.1, 0.15) is 0 Å². The Morgan fingerprint density at radius 2 is 2.19 bits per heavy atom. The summed E-state index contributed by atoms with van der Waals surface area (Å²) >= 11 is 1.38. The van der Waals surface area contributed by atoms with Crippen LogP contribution >= 0.6 is 11.8 Å². The first kappa shape index (κ1) is 16.9. The van der Waals surface area contributed by atoms with Crippen LogP contribution in [0.2, 0.25) is 0 Å². The van der Waals surface area contributed by atoms with Crippen molar-refractivity contribution in [1.82, 2.24) is 20.1 Å². The summed E-state index contributed by atoms with van der Waals surface area (Å²) in [5.74, 6) is 1.64. The normalized spacial score (nSPS) is 16.3. The first-order valence-corrected chi connectivity index (χ1v) is 9.64. The molecule has 0 aliphatic heterocycles. The lowest BCUT2D eigenvalue weighted by Gasteiger charge is -2.26. The highest BCUT2D eigenvalue weighted by molar-refractivity contribution is 7.99. The molecular weight excluding hydrogens is 348 g/mol. The lowest BCUT2D eigenvalue weighted by atomic mass is 9.88. The minimum Gasteiger partial charge on any atom is -0.461 e. The maximum absolute atomic E-state index is 12.4. The number of hydrogen-bond donors (Lipinski definition) is 1. The molecule has 134 valence electrons. The van der Waals surface area contributed by atoms with Crippen molar-refractivity contribution in [1.29, 1.82) is 0 Å². The zero-order chi connectivity index (χ0) is 17.9. The van der Waals surface area contributed by atoms with Crippen LogP contribution in [0.1, 0.15) is 30.0 Å². The number of amides is 1. The van der Waals surface area contributed by atoms with Gasteiger partial charge in [-0.3, -0.25) is 4.79 Å². The molecule has 0 spiro atoms. The Balaban J connectivity index is 1.38. The number of rotatable bonds is 5. The number of furan rings is 1. The van der Waals surface area contributed by atoms with Crippen molar-refractivity contribution in [3.8, 4) is 11.6 Å². The fourth-order valence-electron chi connectivity index (χ4n) is 3.33. The second kappa shape index (κ2) is 7.37. The van der Waals surface area contributed by atoms with Crippen molar-refractivity contribution < 1.29 is 9.21 Å². The molecule has 1 N–H and O–H groups in total. The maximum Gasteiger partial charge on any atom is 0.230 e. The molecule has 0 bridgehead atoms. The van der Waals surface area contributed by atoms with Crippen LogP contribution in [-0.4, -0.2) is 26.4 Å². The number of nitrogens with one attached hydrogen (secondary N) is 1. The monoisotopic (exact) mass is 368 g/mol. The first-order valence-electron chi connectivity index (χ1n) is 8.65. The molecule has 0 radical (unpaired) electrons. The Morgan fingerprint density at radius 3 is 3.04 bits per heavy atom. The number of benzene rings is 1. The lowest BCUT2D eigenvalue weighted by molar-refractivity contribution is -0.119. The number of fused-ring (bicyclic) bond motifs is 1. The fourth-order valence-corrected chi connectivity index (χ4v) is 4.05. The quantitative estimate of drug-likeness (QED) is 0.699. The molecular formula is C19H20N4O2S. The molecule has 26 heavy (non-hydrogen) atoms. The number of thioether (sulfide) groups is 1. The van der Waals surface area contributed by atoms with E-state index >= 15 is 0 Å². The SMILES string of the molecule is Cn1c(SCC(=O)N[C@H]2CCCc3ccccc32)nnc1-c1ccco1. The maximum atomic E-state index is 12.4. The van der Waals surface area contributed by atoms with Crippen LogP contribution in [-0.2, 0) is 18.3 Å². The number of nitrogens with zero attached hydrogens (tertiary/aromatic N) is 3. The van der Waals surface area contributed by atoms with Crippen molar-refractivity contribution in [3.05, 3.63) is 53.8 Å². The molecule has 1 aromatic carbocycles. The van der Waals surface area contributed by atoms with E-state index in [0.29, 0.717) is 22.5 Å². The minimum absolute atomic E-state index is 0.0132. The van der Waals surface area contributed by atoms with Crippen molar-refractivity contribution in [2.75, 3.05) is 5.75 Å². The Bertz CT molecular complexity index is 904. The second-order valence-corrected chi connectivity index (χ2v) is 7.28. The van der Waals surface area contributed by atoms with Crippen LogP contribution in [0, 0.1) is 0 Å². The molecule has 2 heterocycles. The third kappa shape index (κ3) is 3.39. The van der Waals surface area contributed by atoms with E-state index in [-0.39, 0.29) is 11.9 Å². The van der Waals surface area contributed by atoms with E-state index in [1.165, 1.54) is 22.9 Å². The summed E-state index contributed by atoms with van der Waals surface area (Å²) in [4.78, 5) is 12.4. The van der Waals surface area contributed by atoms with Gasteiger partial charge in [-0.15, -0.1) is 10.2 Å². The van der Waals surface area contributed by atoms with E-state index in [1.807, 2.05) is 29.8 Å². The molecule has 0 unspecified atom stereocenters. The van der Waals surface area contributed by atoms with Gasteiger partial charge in [-0.25, -0.2) is 0 Å². The van der Waals surface area contributed by atoms with Crippen LogP contribution in [0.25, 0.3) is 11.6 Å². The number of carbonyl (C=O) groups excluding carboxylic acids is 1. The molecule has 1 amide bonds. The summed E-state index contributed by atoms with van der Waals surface area (Å²) in [6.45, 7) is 0. The topological polar surface area (TPSA) is 73.0 Å². The van der Waals surface area contributed by atoms with Gasteiger partial charge in [0.25, 0.3) is 0 Å². The Hall–Kier alpha value is -2.54. The highest BCUT2D eigenvalue weighted by Gasteiger charge is 2.22. The van der Waals surface area contributed by atoms with Gasteiger partial charge < -0.3 is 14.3 Å². The highest BCUT2D eigenvalue weighted by atomic mass is 32.2. The molecule has 1 atom stereocenters. The van der Waals surface area contributed by atoms with E-state index in [4.69, 9.17) is 4.42 Å². The third-order valence-corrected chi connectivity index (χ3v) is 5.63. The molecule has 1 aliphatic carbocycles. The lowest BCUT2D eigenvalue weighted by Crippen LogP contribution is -2.32. The first-order chi connectivity index (χ1) is 12.7. The van der Waals surface area contributed by atoms with E-state index in [0.717, 1.165) is 19.3 Å². The summed E-state index contributed by atoms with van der Waals surface area (Å²) in [5, 5.41) is 12.2. The van der Waals surface area contributed by atoms with Crippen molar-refractivity contribution in [3.63, 3.8) is 0 Å². The summed E-state index contributed by atoms with van der Waals surface area (Å²) in [6, 6.07) is 12.1. The van der Waals surface area contributed by atoms with E-state index in [2.05, 4.69) is 33.7 Å². The van der Waals surface area contributed by atoms with E-state index in [9.17, 15) is 4.79 Å². The third-order valence-electron chi connectivity index (χ3n) is 4.61. The van der Waals surface area contributed by atoms with Gasteiger partial charge in [0.2, 0.25) is 5.91 Å². The standard InChI is InChI=1S/C19H20N4O2S/c1-23-18(16-10-5-11-25-16)21-22-19(23)26-12-17(24)20-15-9-4-7-13-6-2-3-8-14(13)15/h2-3,5-6,8,10-11,15H,4,7,9,12H2,1H3,(H,20,24)/t15-/m0/s1. The zero-order valence-electron chi connectivity index (χ0n) is 14.5. The van der Waals surface area contributed by atoms with Gasteiger partial charge in [0, 0.05) is 7.05 Å². The van der Waals surface area contributed by atoms with Gasteiger partial charge in [-0.05, 0) is 42.5 Å². The van der Waals surface area contributed by atoms with Crippen molar-refractivity contribution in [2.45, 2.75) is 30.5 Å². The largest absolute Gasteiger partial charge is 0.461 e.